The minimum absolute atomic E-state index is 0.00970. The number of amides is 4. The van der Waals surface area contributed by atoms with Crippen molar-refractivity contribution in [1.82, 2.24) is 9.80 Å². The second-order valence-electron chi connectivity index (χ2n) is 4.73. The smallest absolute Gasteiger partial charge is 0.268 e. The summed E-state index contributed by atoms with van der Waals surface area (Å²) in [5, 5.41) is 0. The number of likely N-dealkylation sites (N-methyl/N-ethyl adjacent to an activating group) is 2. The van der Waals surface area contributed by atoms with E-state index in [9.17, 15) is 14.4 Å². The molecule has 0 radical (unpaired) electrons. The zero-order valence-corrected chi connectivity index (χ0v) is 12.7. The summed E-state index contributed by atoms with van der Waals surface area (Å²) < 4.78 is 0. The Kier molecular flexibility index (Phi) is 4.88. The topological polar surface area (TPSA) is 57.7 Å². The third-order valence-electron chi connectivity index (χ3n) is 3.40. The van der Waals surface area contributed by atoms with Gasteiger partial charge in [0.15, 0.2) is 0 Å². The number of benzene rings is 1. The predicted molar refractivity (Wildman–Crippen MR) is 83.7 cm³/mol. The summed E-state index contributed by atoms with van der Waals surface area (Å²) in [4.78, 5) is 38.6. The van der Waals surface area contributed by atoms with Crippen LogP contribution < -0.4 is 0 Å². The van der Waals surface area contributed by atoms with Gasteiger partial charge in [-0.05, 0) is 25.5 Å². The molecule has 2 rings (SSSR count). The lowest BCUT2D eigenvalue weighted by molar-refractivity contribution is -0.135. The van der Waals surface area contributed by atoms with Gasteiger partial charge in [-0.1, -0.05) is 42.5 Å². The van der Waals surface area contributed by atoms with Crippen LogP contribution >= 0.6 is 0 Å². The third kappa shape index (κ3) is 2.98. The molecule has 0 bridgehead atoms. The zero-order chi connectivity index (χ0) is 16.1. The molecule has 0 atom stereocenters. The second kappa shape index (κ2) is 6.85. The molecule has 1 heterocycles. The Hall–Kier alpha value is -2.69. The lowest BCUT2D eigenvalue weighted by Gasteiger charge is -2.32. The van der Waals surface area contributed by atoms with Gasteiger partial charge in [0.05, 0.1) is 0 Å². The summed E-state index contributed by atoms with van der Waals surface area (Å²) in [6.45, 7) is 3.89. The maximum atomic E-state index is 12.2. The van der Waals surface area contributed by atoms with Crippen molar-refractivity contribution in [3.8, 4) is 0 Å². The quantitative estimate of drug-likeness (QED) is 0.634. The van der Waals surface area contributed by atoms with Crippen molar-refractivity contribution in [2.45, 2.75) is 13.8 Å². The van der Waals surface area contributed by atoms with E-state index in [2.05, 4.69) is 0 Å². The third-order valence-corrected chi connectivity index (χ3v) is 3.40. The second-order valence-corrected chi connectivity index (χ2v) is 4.73. The van der Waals surface area contributed by atoms with Crippen LogP contribution in [-0.4, -0.2) is 40.7 Å². The number of imide groups is 2. The first-order chi connectivity index (χ1) is 10.6. The van der Waals surface area contributed by atoms with Crippen LogP contribution in [0.5, 0.6) is 0 Å². The predicted octanol–water partition coefficient (Wildman–Crippen LogP) is 2.46. The van der Waals surface area contributed by atoms with Gasteiger partial charge in [-0.15, -0.1) is 0 Å². The molecular formula is C17H18N2O3. The van der Waals surface area contributed by atoms with Crippen molar-refractivity contribution < 1.29 is 14.4 Å². The van der Waals surface area contributed by atoms with Gasteiger partial charge >= 0.3 is 6.03 Å². The van der Waals surface area contributed by atoms with Crippen molar-refractivity contribution >= 4 is 23.9 Å². The fourth-order valence-corrected chi connectivity index (χ4v) is 2.22. The highest BCUT2D eigenvalue weighted by Crippen LogP contribution is 2.17. The van der Waals surface area contributed by atoms with Crippen LogP contribution in [0.3, 0.4) is 0 Å². The van der Waals surface area contributed by atoms with Gasteiger partial charge < -0.3 is 0 Å². The Morgan fingerprint density at radius 1 is 0.909 bits per heavy atom. The summed E-state index contributed by atoms with van der Waals surface area (Å²) in [6.07, 6.45) is 4.92. The molecule has 1 aliphatic heterocycles. The summed E-state index contributed by atoms with van der Waals surface area (Å²) in [6, 6.07) is 9.00. The van der Waals surface area contributed by atoms with Gasteiger partial charge in [0, 0.05) is 13.1 Å². The average Bonchev–Trinajstić information content (AvgIpc) is 2.52. The van der Waals surface area contributed by atoms with Crippen molar-refractivity contribution in [1.29, 1.82) is 0 Å². The van der Waals surface area contributed by atoms with Crippen LogP contribution in [0.25, 0.3) is 6.08 Å². The molecule has 0 aliphatic carbocycles. The van der Waals surface area contributed by atoms with Gasteiger partial charge in [0.25, 0.3) is 11.8 Å². The molecule has 114 valence electrons. The molecule has 1 aromatic carbocycles. The monoisotopic (exact) mass is 298 g/mol. The van der Waals surface area contributed by atoms with E-state index in [0.717, 1.165) is 15.4 Å². The zero-order valence-electron chi connectivity index (χ0n) is 12.7. The normalized spacial score (nSPS) is 15.9. The number of rotatable bonds is 4. The van der Waals surface area contributed by atoms with Gasteiger partial charge in [-0.2, -0.15) is 0 Å². The summed E-state index contributed by atoms with van der Waals surface area (Å²) in [5.41, 5.74) is 0.973. The molecule has 5 heteroatoms. The lowest BCUT2D eigenvalue weighted by Crippen LogP contribution is -2.56. The van der Waals surface area contributed by atoms with Crippen molar-refractivity contribution in [3.05, 3.63) is 53.6 Å². The Balaban J connectivity index is 2.29. The molecule has 22 heavy (non-hydrogen) atoms. The summed E-state index contributed by atoms with van der Waals surface area (Å²) >= 11 is 0. The average molecular weight is 298 g/mol. The van der Waals surface area contributed by atoms with Crippen molar-refractivity contribution in [2.24, 2.45) is 0 Å². The van der Waals surface area contributed by atoms with E-state index in [4.69, 9.17) is 0 Å². The van der Waals surface area contributed by atoms with Crippen LogP contribution in [-0.2, 0) is 9.59 Å². The molecule has 1 fully saturated rings. The number of nitrogens with zero attached hydrogens (tertiary/aromatic N) is 2. The molecule has 4 amide bonds. The number of urea groups is 1. The molecule has 0 saturated carbocycles. The number of hydrogen-bond donors (Lipinski definition) is 0. The van der Waals surface area contributed by atoms with E-state index in [1.807, 2.05) is 30.3 Å². The van der Waals surface area contributed by atoms with Crippen LogP contribution in [0.2, 0.25) is 0 Å². The highest BCUT2D eigenvalue weighted by molar-refractivity contribution is 6.28. The maximum Gasteiger partial charge on any atom is 0.333 e. The van der Waals surface area contributed by atoms with Crippen LogP contribution in [0, 0.1) is 0 Å². The minimum atomic E-state index is -0.552. The van der Waals surface area contributed by atoms with Crippen LogP contribution in [0.4, 0.5) is 4.79 Å². The Labute approximate surface area is 129 Å². The number of carbonyl (C=O) groups is 3. The first-order valence-corrected chi connectivity index (χ1v) is 7.21. The van der Waals surface area contributed by atoms with E-state index in [1.54, 1.807) is 26.0 Å². The molecular weight excluding hydrogens is 280 g/mol. The minimum Gasteiger partial charge on any atom is -0.268 e. The SMILES string of the molecule is CCN1C(=O)C(=CC=Cc2ccccc2)C(=O)N(CC)C1=O. The Bertz CT molecular complexity index is 619. The molecule has 1 saturated heterocycles. The molecule has 0 N–H and O–H groups in total. The van der Waals surface area contributed by atoms with Crippen molar-refractivity contribution in [3.63, 3.8) is 0 Å². The summed E-state index contributed by atoms with van der Waals surface area (Å²) in [5.74, 6) is -1.08. The number of hydrogen-bond acceptors (Lipinski definition) is 3. The lowest BCUT2D eigenvalue weighted by atomic mass is 10.1. The number of barbiturate groups is 1. The molecule has 0 aromatic heterocycles. The maximum absolute atomic E-state index is 12.2. The van der Waals surface area contributed by atoms with E-state index < -0.39 is 17.8 Å². The molecule has 1 aliphatic rings. The molecule has 1 aromatic rings. The first kappa shape index (κ1) is 15.7. The Morgan fingerprint density at radius 2 is 1.45 bits per heavy atom. The highest BCUT2D eigenvalue weighted by atomic mass is 16.2. The van der Waals surface area contributed by atoms with Crippen LogP contribution in [0.15, 0.2) is 48.1 Å². The fourth-order valence-electron chi connectivity index (χ4n) is 2.22. The van der Waals surface area contributed by atoms with E-state index in [1.165, 1.54) is 6.08 Å². The molecule has 5 nitrogen and oxygen atoms in total. The largest absolute Gasteiger partial charge is 0.333 e. The van der Waals surface area contributed by atoms with E-state index in [-0.39, 0.29) is 18.7 Å². The van der Waals surface area contributed by atoms with E-state index >= 15 is 0 Å². The van der Waals surface area contributed by atoms with Gasteiger partial charge in [0.2, 0.25) is 0 Å². The fraction of sp³-hybridized carbons (Fsp3) is 0.235. The molecule has 0 spiro atoms. The van der Waals surface area contributed by atoms with Gasteiger partial charge in [0.1, 0.15) is 5.57 Å². The van der Waals surface area contributed by atoms with E-state index in [0.29, 0.717) is 0 Å². The number of carbonyl (C=O) groups excluding carboxylic acids is 3. The van der Waals surface area contributed by atoms with Crippen LogP contribution in [0.1, 0.15) is 19.4 Å². The van der Waals surface area contributed by atoms with Crippen molar-refractivity contribution in [2.75, 3.05) is 13.1 Å². The van der Waals surface area contributed by atoms with Gasteiger partial charge in [-0.25, -0.2) is 4.79 Å². The van der Waals surface area contributed by atoms with Gasteiger partial charge in [-0.3, -0.25) is 19.4 Å². The summed E-state index contributed by atoms with van der Waals surface area (Å²) in [7, 11) is 0. The highest BCUT2D eigenvalue weighted by Gasteiger charge is 2.39. The Morgan fingerprint density at radius 3 is 1.95 bits per heavy atom. The molecule has 0 unspecified atom stereocenters. The number of allylic oxidation sites excluding steroid dienone is 2. The first-order valence-electron chi connectivity index (χ1n) is 7.21. The standard InChI is InChI=1S/C17H18N2O3/c1-3-18-15(20)14(16(21)19(4-2)17(18)22)12-8-11-13-9-6-5-7-10-13/h5-12H,3-4H2,1-2H3.